The lowest BCUT2D eigenvalue weighted by Gasteiger charge is -2.45. The molecule has 3 nitrogen and oxygen atoms in total. The van der Waals surface area contributed by atoms with Crippen molar-refractivity contribution in [2.45, 2.75) is 51.2 Å². The SMILES string of the molecule is C[C@]12C=CC3=C4CC5OCCOC5C=C4CC[C@H]3[C@@H]1CCC2=O. The van der Waals surface area contributed by atoms with E-state index >= 15 is 0 Å². The minimum absolute atomic E-state index is 0.144. The number of ether oxygens (including phenoxy) is 2. The Balaban J connectivity index is 1.58. The Morgan fingerprint density at radius 3 is 2.96 bits per heavy atom. The molecule has 5 atom stereocenters. The highest BCUT2D eigenvalue weighted by Crippen LogP contribution is 2.56. The summed E-state index contributed by atoms with van der Waals surface area (Å²) in [5.41, 5.74) is 4.25. The molecule has 4 aliphatic carbocycles. The van der Waals surface area contributed by atoms with Crippen LogP contribution in [0, 0.1) is 17.3 Å². The summed E-state index contributed by atoms with van der Waals surface area (Å²) in [7, 11) is 0. The van der Waals surface area contributed by atoms with Gasteiger partial charge in [0.25, 0.3) is 0 Å². The Labute approximate surface area is 137 Å². The van der Waals surface area contributed by atoms with Crippen LogP contribution in [0.4, 0.5) is 0 Å². The lowest BCUT2D eigenvalue weighted by Crippen LogP contribution is -2.42. The lowest BCUT2D eigenvalue weighted by molar-refractivity contribution is -0.124. The van der Waals surface area contributed by atoms with E-state index in [0.29, 0.717) is 30.8 Å². The maximum absolute atomic E-state index is 12.4. The highest BCUT2D eigenvalue weighted by molar-refractivity contribution is 5.89. The molecule has 0 amide bonds. The van der Waals surface area contributed by atoms with Crippen LogP contribution in [0.3, 0.4) is 0 Å². The zero-order chi connectivity index (χ0) is 15.6. The molecule has 2 fully saturated rings. The first-order valence-electron chi connectivity index (χ1n) is 9.06. The molecular formula is C20H24O3. The number of fused-ring (bicyclic) bond motifs is 5. The van der Waals surface area contributed by atoms with Crippen molar-refractivity contribution in [3.63, 3.8) is 0 Å². The standard InChI is InChI=1S/C20H24O3/c1-20-7-6-13-14(16(20)4-5-19(20)21)3-2-12-10-17-18(11-15(12)13)23-9-8-22-17/h6-7,10,14,16-18H,2-5,8-9,11H2,1H3/t14-,16+,17?,18?,20+/m1/s1. The molecule has 1 saturated heterocycles. The smallest absolute Gasteiger partial charge is 0.142 e. The van der Waals surface area contributed by atoms with E-state index in [4.69, 9.17) is 9.47 Å². The van der Waals surface area contributed by atoms with Crippen LogP contribution in [0.5, 0.6) is 0 Å². The van der Waals surface area contributed by atoms with Crippen molar-refractivity contribution in [3.8, 4) is 0 Å². The summed E-state index contributed by atoms with van der Waals surface area (Å²) >= 11 is 0. The third-order valence-corrected chi connectivity index (χ3v) is 6.87. The van der Waals surface area contributed by atoms with Gasteiger partial charge in [0.05, 0.1) is 19.3 Å². The Hall–Kier alpha value is -1.19. The molecule has 122 valence electrons. The lowest BCUT2D eigenvalue weighted by atomic mass is 9.60. The molecule has 1 aliphatic heterocycles. The molecular weight excluding hydrogens is 288 g/mol. The normalized spacial score (nSPS) is 45.1. The number of hydrogen-bond donors (Lipinski definition) is 0. The van der Waals surface area contributed by atoms with Crippen molar-refractivity contribution < 1.29 is 14.3 Å². The predicted octanol–water partition coefficient (Wildman–Crippen LogP) is 3.36. The molecule has 1 saturated carbocycles. The third kappa shape index (κ3) is 1.93. The molecule has 0 N–H and O–H groups in total. The van der Waals surface area contributed by atoms with Crippen molar-refractivity contribution in [2.24, 2.45) is 17.3 Å². The molecule has 0 bridgehead atoms. The summed E-state index contributed by atoms with van der Waals surface area (Å²) in [4.78, 5) is 12.4. The Morgan fingerprint density at radius 1 is 1.17 bits per heavy atom. The second kappa shape index (κ2) is 4.90. The Kier molecular flexibility index (Phi) is 3.02. The second-order valence-electron chi connectivity index (χ2n) is 7.90. The van der Waals surface area contributed by atoms with E-state index in [0.717, 1.165) is 25.7 Å². The van der Waals surface area contributed by atoms with Gasteiger partial charge in [-0.15, -0.1) is 0 Å². The zero-order valence-corrected chi connectivity index (χ0v) is 13.7. The van der Waals surface area contributed by atoms with Crippen LogP contribution in [-0.4, -0.2) is 31.2 Å². The fourth-order valence-electron chi connectivity index (χ4n) is 5.58. The number of rotatable bonds is 0. The zero-order valence-electron chi connectivity index (χ0n) is 13.7. The average Bonchev–Trinajstić information content (AvgIpc) is 2.88. The van der Waals surface area contributed by atoms with E-state index in [1.54, 1.807) is 0 Å². The molecule has 0 aromatic heterocycles. The summed E-state index contributed by atoms with van der Waals surface area (Å²) in [5.74, 6) is 1.51. The highest BCUT2D eigenvalue weighted by atomic mass is 16.6. The van der Waals surface area contributed by atoms with Gasteiger partial charge in [-0.05, 0) is 60.8 Å². The van der Waals surface area contributed by atoms with Crippen molar-refractivity contribution in [2.75, 3.05) is 13.2 Å². The minimum Gasteiger partial charge on any atom is -0.372 e. The summed E-state index contributed by atoms with van der Waals surface area (Å²) < 4.78 is 11.8. The van der Waals surface area contributed by atoms with Gasteiger partial charge in [0.1, 0.15) is 11.9 Å². The van der Waals surface area contributed by atoms with Gasteiger partial charge < -0.3 is 9.47 Å². The maximum atomic E-state index is 12.4. The largest absolute Gasteiger partial charge is 0.372 e. The van der Waals surface area contributed by atoms with Gasteiger partial charge in [0, 0.05) is 18.3 Å². The topological polar surface area (TPSA) is 35.5 Å². The molecule has 5 aliphatic rings. The van der Waals surface area contributed by atoms with Gasteiger partial charge in [-0.3, -0.25) is 4.79 Å². The minimum atomic E-state index is -0.211. The molecule has 0 spiro atoms. The van der Waals surface area contributed by atoms with Crippen LogP contribution in [0.15, 0.2) is 34.9 Å². The van der Waals surface area contributed by atoms with E-state index in [9.17, 15) is 4.79 Å². The van der Waals surface area contributed by atoms with Crippen molar-refractivity contribution in [3.05, 3.63) is 34.9 Å². The Bertz CT molecular complexity index is 656. The summed E-state index contributed by atoms with van der Waals surface area (Å²) in [6, 6.07) is 0. The number of carbonyl (C=O) groups is 1. The van der Waals surface area contributed by atoms with Crippen molar-refractivity contribution in [1.29, 1.82) is 0 Å². The summed E-state index contributed by atoms with van der Waals surface area (Å²) in [5, 5.41) is 0. The average molecular weight is 312 g/mol. The van der Waals surface area contributed by atoms with E-state index in [1.165, 1.54) is 23.1 Å². The summed E-state index contributed by atoms with van der Waals surface area (Å²) in [6.07, 6.45) is 12.2. The first kappa shape index (κ1) is 14.2. The van der Waals surface area contributed by atoms with Gasteiger partial charge in [0.15, 0.2) is 0 Å². The van der Waals surface area contributed by atoms with Crippen LogP contribution < -0.4 is 0 Å². The fraction of sp³-hybridized carbons (Fsp3) is 0.650. The monoisotopic (exact) mass is 312 g/mol. The van der Waals surface area contributed by atoms with E-state index in [2.05, 4.69) is 25.2 Å². The molecule has 3 heteroatoms. The molecule has 0 aromatic rings. The Morgan fingerprint density at radius 2 is 2.04 bits per heavy atom. The van der Waals surface area contributed by atoms with Crippen molar-refractivity contribution in [1.82, 2.24) is 0 Å². The van der Waals surface area contributed by atoms with Gasteiger partial charge in [-0.25, -0.2) is 0 Å². The van der Waals surface area contributed by atoms with Crippen LogP contribution in [0.1, 0.15) is 39.0 Å². The van der Waals surface area contributed by atoms with Crippen LogP contribution in [0.25, 0.3) is 0 Å². The predicted molar refractivity (Wildman–Crippen MR) is 86.9 cm³/mol. The second-order valence-corrected chi connectivity index (χ2v) is 7.90. The van der Waals surface area contributed by atoms with Gasteiger partial charge in [-0.1, -0.05) is 12.2 Å². The van der Waals surface area contributed by atoms with Gasteiger partial charge in [0.2, 0.25) is 0 Å². The van der Waals surface area contributed by atoms with Gasteiger partial charge >= 0.3 is 0 Å². The number of hydrogen-bond acceptors (Lipinski definition) is 3. The molecule has 23 heavy (non-hydrogen) atoms. The fourth-order valence-corrected chi connectivity index (χ4v) is 5.58. The third-order valence-electron chi connectivity index (χ3n) is 6.87. The highest BCUT2D eigenvalue weighted by Gasteiger charge is 2.51. The molecule has 5 rings (SSSR count). The summed E-state index contributed by atoms with van der Waals surface area (Å²) in [6.45, 7) is 3.58. The van der Waals surface area contributed by atoms with Crippen LogP contribution in [0.2, 0.25) is 0 Å². The van der Waals surface area contributed by atoms with E-state index < -0.39 is 0 Å². The molecule has 1 heterocycles. The molecule has 2 unspecified atom stereocenters. The maximum Gasteiger partial charge on any atom is 0.142 e. The first-order chi connectivity index (χ1) is 11.2. The van der Waals surface area contributed by atoms with E-state index in [1.807, 2.05) is 0 Å². The van der Waals surface area contributed by atoms with Crippen LogP contribution in [-0.2, 0) is 14.3 Å². The first-order valence-corrected chi connectivity index (χ1v) is 9.06. The van der Waals surface area contributed by atoms with Crippen LogP contribution >= 0.6 is 0 Å². The molecule has 0 radical (unpaired) electrons. The molecule has 0 aromatic carbocycles. The number of carbonyl (C=O) groups excluding carboxylic acids is 1. The quantitative estimate of drug-likeness (QED) is 0.688. The van der Waals surface area contributed by atoms with E-state index in [-0.39, 0.29) is 17.6 Å². The number of ketones is 1. The van der Waals surface area contributed by atoms with Crippen molar-refractivity contribution >= 4 is 5.78 Å². The number of allylic oxidation sites excluding steroid dienone is 4. The van der Waals surface area contributed by atoms with Gasteiger partial charge in [-0.2, -0.15) is 0 Å². The number of Topliss-reactive ketones (excluding diaryl/α,β-unsaturated/α-hetero) is 1.